The predicted octanol–water partition coefficient (Wildman–Crippen LogP) is 5.95. The normalized spacial score (nSPS) is 11.0. The molecule has 0 aromatic heterocycles. The van der Waals surface area contributed by atoms with Crippen LogP contribution < -0.4 is 0 Å². The fourth-order valence-electron chi connectivity index (χ4n) is 2.14. The van der Waals surface area contributed by atoms with Crippen molar-refractivity contribution in [2.24, 2.45) is 10.2 Å². The molecule has 1 aromatic rings. The van der Waals surface area contributed by atoms with Gasteiger partial charge in [0, 0.05) is 0 Å². The van der Waals surface area contributed by atoms with E-state index in [-0.39, 0.29) is 0 Å². The van der Waals surface area contributed by atoms with Gasteiger partial charge in [-0.15, -0.1) is 6.58 Å². The molecular weight excluding hydrogens is 244 g/mol. The smallest absolute Gasteiger partial charge is 0.0849 e. The minimum absolute atomic E-state index is 0.712. The number of nitrogens with zero attached hydrogens (tertiary/aromatic N) is 2. The van der Waals surface area contributed by atoms with Crippen LogP contribution in [0.4, 0.5) is 0 Å². The van der Waals surface area contributed by atoms with Gasteiger partial charge in [0.25, 0.3) is 0 Å². The van der Waals surface area contributed by atoms with E-state index in [9.17, 15) is 0 Å². The molecule has 0 aliphatic carbocycles. The van der Waals surface area contributed by atoms with Crippen molar-refractivity contribution in [3.05, 3.63) is 48.6 Å². The van der Waals surface area contributed by atoms with Crippen LogP contribution in [0, 0.1) is 0 Å². The quantitative estimate of drug-likeness (QED) is 0.255. The first kappa shape index (κ1) is 16.6. The fourth-order valence-corrected chi connectivity index (χ4v) is 2.14. The molecule has 0 spiro atoms. The molecule has 0 aliphatic rings. The summed E-state index contributed by atoms with van der Waals surface area (Å²) in [6.07, 6.45) is 12.4. The minimum Gasteiger partial charge on any atom is -0.194 e. The Bertz CT molecular complexity index is 357. The van der Waals surface area contributed by atoms with Gasteiger partial charge in [0.2, 0.25) is 0 Å². The van der Waals surface area contributed by atoms with Gasteiger partial charge in [-0.25, -0.2) is 0 Å². The number of azo groups is 1. The van der Waals surface area contributed by atoms with Crippen LogP contribution in [0.1, 0.15) is 56.9 Å². The standard InChI is InChI=1S/C18H28N2/c1-2-3-4-5-6-7-8-9-13-16-19-20-17-18-14-11-10-12-15-18/h2,10-12,14-15H,1,3-9,13,16-17H2. The van der Waals surface area contributed by atoms with E-state index in [1.807, 2.05) is 24.3 Å². The lowest BCUT2D eigenvalue weighted by atomic mass is 10.1. The highest BCUT2D eigenvalue weighted by Crippen LogP contribution is 2.09. The van der Waals surface area contributed by atoms with Crippen LogP contribution >= 0.6 is 0 Å². The van der Waals surface area contributed by atoms with Crippen molar-refractivity contribution in [2.45, 2.75) is 57.9 Å². The molecule has 0 N–H and O–H groups in total. The topological polar surface area (TPSA) is 24.7 Å². The molecule has 0 fully saturated rings. The lowest BCUT2D eigenvalue weighted by Crippen LogP contribution is -1.84. The summed E-state index contributed by atoms with van der Waals surface area (Å²) in [6.45, 7) is 5.33. The zero-order valence-electron chi connectivity index (χ0n) is 12.6. The van der Waals surface area contributed by atoms with Gasteiger partial charge >= 0.3 is 0 Å². The summed E-state index contributed by atoms with van der Waals surface area (Å²) in [6, 6.07) is 10.3. The zero-order valence-corrected chi connectivity index (χ0v) is 12.6. The number of allylic oxidation sites excluding steroid dienone is 1. The largest absolute Gasteiger partial charge is 0.194 e. The molecule has 0 unspecified atom stereocenters. The van der Waals surface area contributed by atoms with Crippen molar-refractivity contribution in [1.82, 2.24) is 0 Å². The van der Waals surface area contributed by atoms with Crippen LogP contribution in [0.15, 0.2) is 53.2 Å². The highest BCUT2D eigenvalue weighted by molar-refractivity contribution is 5.14. The van der Waals surface area contributed by atoms with E-state index in [1.54, 1.807) is 0 Å². The van der Waals surface area contributed by atoms with Crippen LogP contribution in [0.3, 0.4) is 0 Å². The van der Waals surface area contributed by atoms with Crippen molar-refractivity contribution in [3.8, 4) is 0 Å². The second-order valence-electron chi connectivity index (χ2n) is 5.20. The van der Waals surface area contributed by atoms with Gasteiger partial charge in [-0.3, -0.25) is 0 Å². The molecule has 0 saturated carbocycles. The number of hydrogen-bond acceptors (Lipinski definition) is 2. The van der Waals surface area contributed by atoms with Crippen LogP contribution in [0.5, 0.6) is 0 Å². The molecular formula is C18H28N2. The maximum atomic E-state index is 4.24. The second-order valence-corrected chi connectivity index (χ2v) is 5.20. The molecule has 0 atom stereocenters. The first-order valence-electron chi connectivity index (χ1n) is 7.91. The Balaban J connectivity index is 1.86. The molecule has 20 heavy (non-hydrogen) atoms. The molecule has 2 nitrogen and oxygen atoms in total. The summed E-state index contributed by atoms with van der Waals surface area (Å²) in [7, 11) is 0. The Labute approximate surface area is 124 Å². The Morgan fingerprint density at radius 2 is 1.45 bits per heavy atom. The number of hydrogen-bond donors (Lipinski definition) is 0. The fraction of sp³-hybridized carbons (Fsp3) is 0.556. The third-order valence-electron chi connectivity index (χ3n) is 3.36. The molecule has 2 heteroatoms. The number of unbranched alkanes of at least 4 members (excludes halogenated alkanes) is 7. The van der Waals surface area contributed by atoms with Gasteiger partial charge < -0.3 is 0 Å². The molecule has 0 radical (unpaired) electrons. The van der Waals surface area contributed by atoms with Crippen molar-refractivity contribution in [1.29, 1.82) is 0 Å². The maximum Gasteiger partial charge on any atom is 0.0849 e. The Morgan fingerprint density at radius 3 is 2.15 bits per heavy atom. The van der Waals surface area contributed by atoms with Gasteiger partial charge in [0.1, 0.15) is 0 Å². The van der Waals surface area contributed by atoms with Crippen LogP contribution in [-0.2, 0) is 6.54 Å². The third kappa shape index (κ3) is 9.48. The van der Waals surface area contributed by atoms with Crippen molar-refractivity contribution < 1.29 is 0 Å². The number of rotatable bonds is 12. The Hall–Kier alpha value is -1.44. The van der Waals surface area contributed by atoms with E-state index >= 15 is 0 Å². The summed E-state index contributed by atoms with van der Waals surface area (Å²) < 4.78 is 0. The number of benzene rings is 1. The Kier molecular flexibility index (Phi) is 10.5. The molecule has 0 aliphatic heterocycles. The van der Waals surface area contributed by atoms with Gasteiger partial charge in [-0.05, 0) is 24.8 Å². The van der Waals surface area contributed by atoms with Crippen molar-refractivity contribution in [2.75, 3.05) is 6.54 Å². The average molecular weight is 272 g/mol. The minimum atomic E-state index is 0.712. The van der Waals surface area contributed by atoms with E-state index in [0.717, 1.165) is 6.54 Å². The SMILES string of the molecule is C=CCCCCCCCCCN=NCc1ccccc1. The first-order valence-corrected chi connectivity index (χ1v) is 7.91. The monoisotopic (exact) mass is 272 g/mol. The molecule has 110 valence electrons. The van der Waals surface area contributed by atoms with E-state index in [0.29, 0.717) is 6.54 Å². The van der Waals surface area contributed by atoms with E-state index < -0.39 is 0 Å². The van der Waals surface area contributed by atoms with Gasteiger partial charge in [0.15, 0.2) is 0 Å². The van der Waals surface area contributed by atoms with Crippen LogP contribution in [0.25, 0.3) is 0 Å². The van der Waals surface area contributed by atoms with E-state index in [2.05, 4.69) is 28.9 Å². The second kappa shape index (κ2) is 12.6. The maximum absolute atomic E-state index is 4.24. The molecule has 1 aromatic carbocycles. The van der Waals surface area contributed by atoms with Gasteiger partial charge in [-0.2, -0.15) is 10.2 Å². The van der Waals surface area contributed by atoms with E-state index in [4.69, 9.17) is 0 Å². The molecule has 0 amide bonds. The molecule has 1 rings (SSSR count). The molecule has 0 heterocycles. The zero-order chi connectivity index (χ0) is 14.3. The lowest BCUT2D eigenvalue weighted by molar-refractivity contribution is 0.580. The summed E-state index contributed by atoms with van der Waals surface area (Å²) >= 11 is 0. The third-order valence-corrected chi connectivity index (χ3v) is 3.36. The summed E-state index contributed by atoms with van der Waals surface area (Å²) in [5, 5.41) is 8.46. The summed E-state index contributed by atoms with van der Waals surface area (Å²) in [4.78, 5) is 0. The summed E-state index contributed by atoms with van der Waals surface area (Å²) in [5.41, 5.74) is 1.23. The average Bonchev–Trinajstić information content (AvgIpc) is 2.49. The van der Waals surface area contributed by atoms with Gasteiger partial charge in [-0.1, -0.05) is 68.5 Å². The highest BCUT2D eigenvalue weighted by Gasteiger charge is 1.91. The Morgan fingerprint density at radius 1 is 0.800 bits per heavy atom. The van der Waals surface area contributed by atoms with Crippen molar-refractivity contribution in [3.63, 3.8) is 0 Å². The predicted molar refractivity (Wildman–Crippen MR) is 87.0 cm³/mol. The van der Waals surface area contributed by atoms with E-state index in [1.165, 1.54) is 56.9 Å². The highest BCUT2D eigenvalue weighted by atomic mass is 15.1. The lowest BCUT2D eigenvalue weighted by Gasteiger charge is -1.99. The molecule has 0 bridgehead atoms. The van der Waals surface area contributed by atoms with Crippen LogP contribution in [0.2, 0.25) is 0 Å². The first-order chi connectivity index (χ1) is 9.93. The van der Waals surface area contributed by atoms with Gasteiger partial charge in [0.05, 0.1) is 13.1 Å². The van der Waals surface area contributed by atoms with Crippen LogP contribution in [-0.4, -0.2) is 6.54 Å². The van der Waals surface area contributed by atoms with Crippen molar-refractivity contribution >= 4 is 0 Å². The summed E-state index contributed by atoms with van der Waals surface area (Å²) in [5.74, 6) is 0. The molecule has 0 saturated heterocycles.